The van der Waals surface area contributed by atoms with Crippen LogP contribution in [0.3, 0.4) is 0 Å². The number of aliphatic imine (C=N–C) groups is 1. The van der Waals surface area contributed by atoms with E-state index in [9.17, 15) is 0 Å². The molecular weight excluding hydrogens is 495 g/mol. The van der Waals surface area contributed by atoms with E-state index in [0.717, 1.165) is 51.1 Å². The zero-order valence-corrected chi connectivity index (χ0v) is 21.7. The van der Waals surface area contributed by atoms with Crippen LogP contribution in [-0.4, -0.2) is 84.5 Å². The van der Waals surface area contributed by atoms with Gasteiger partial charge in [0.25, 0.3) is 0 Å². The van der Waals surface area contributed by atoms with Gasteiger partial charge in [-0.1, -0.05) is 13.8 Å². The third kappa shape index (κ3) is 7.04. The number of hydrogen-bond acceptors (Lipinski definition) is 5. The summed E-state index contributed by atoms with van der Waals surface area (Å²) in [6, 6.07) is 0.672. The number of thiazole rings is 1. The van der Waals surface area contributed by atoms with Gasteiger partial charge < -0.3 is 10.2 Å². The average molecular weight is 535 g/mol. The summed E-state index contributed by atoms with van der Waals surface area (Å²) in [6.45, 7) is 15.5. The predicted molar refractivity (Wildman–Crippen MR) is 135 cm³/mol. The van der Waals surface area contributed by atoms with E-state index in [-0.39, 0.29) is 24.0 Å². The molecule has 0 radical (unpaired) electrons. The van der Waals surface area contributed by atoms with E-state index in [1.165, 1.54) is 43.1 Å². The molecule has 8 heteroatoms. The van der Waals surface area contributed by atoms with Crippen LogP contribution in [0.1, 0.15) is 43.8 Å². The first-order chi connectivity index (χ1) is 13.6. The highest BCUT2D eigenvalue weighted by atomic mass is 127. The minimum Gasteiger partial charge on any atom is -0.356 e. The van der Waals surface area contributed by atoms with Crippen LogP contribution < -0.4 is 5.32 Å². The summed E-state index contributed by atoms with van der Waals surface area (Å²) in [7, 11) is 1.92. The van der Waals surface area contributed by atoms with Crippen LogP contribution in [0, 0.1) is 12.8 Å². The summed E-state index contributed by atoms with van der Waals surface area (Å²) in [5.41, 5.74) is 1.23. The van der Waals surface area contributed by atoms with Gasteiger partial charge in [-0.3, -0.25) is 14.8 Å². The number of aromatic nitrogens is 1. The topological polar surface area (TPSA) is 47.0 Å². The third-order valence-electron chi connectivity index (χ3n) is 6.31. The number of nitrogens with one attached hydrogen (secondary N) is 1. The van der Waals surface area contributed by atoms with Gasteiger partial charge >= 0.3 is 0 Å². The van der Waals surface area contributed by atoms with Gasteiger partial charge in [0.2, 0.25) is 0 Å². The second-order valence-corrected chi connectivity index (χ2v) is 9.18. The van der Waals surface area contributed by atoms with Crippen molar-refractivity contribution in [3.63, 3.8) is 0 Å². The molecule has 1 aromatic rings. The van der Waals surface area contributed by atoms with E-state index < -0.39 is 0 Å². The molecule has 3 heterocycles. The van der Waals surface area contributed by atoms with Gasteiger partial charge in [0.05, 0.1) is 10.7 Å². The maximum Gasteiger partial charge on any atom is 0.193 e. The fourth-order valence-corrected chi connectivity index (χ4v) is 5.20. The van der Waals surface area contributed by atoms with Crippen molar-refractivity contribution >= 4 is 41.3 Å². The molecule has 2 saturated heterocycles. The molecule has 2 aliphatic heterocycles. The average Bonchev–Trinajstić information content (AvgIpc) is 3.34. The lowest BCUT2D eigenvalue weighted by atomic mass is 9.97. The van der Waals surface area contributed by atoms with Crippen LogP contribution in [0.5, 0.6) is 0 Å². The van der Waals surface area contributed by atoms with Crippen molar-refractivity contribution in [3.8, 4) is 0 Å². The largest absolute Gasteiger partial charge is 0.356 e. The molecule has 1 atom stereocenters. The SMILES string of the molecule is CCN(CC)C1CCN(C(=NC)NCC2CCN(Cc3csc(C)n3)CC2)C1.I. The summed E-state index contributed by atoms with van der Waals surface area (Å²) >= 11 is 1.76. The molecule has 1 unspecified atom stereocenters. The molecule has 166 valence electrons. The van der Waals surface area contributed by atoms with E-state index in [1.54, 1.807) is 11.3 Å². The van der Waals surface area contributed by atoms with Crippen LogP contribution in [0.4, 0.5) is 0 Å². The number of halogens is 1. The molecule has 29 heavy (non-hydrogen) atoms. The first kappa shape index (κ1) is 24.8. The van der Waals surface area contributed by atoms with Gasteiger partial charge in [-0.15, -0.1) is 35.3 Å². The van der Waals surface area contributed by atoms with Gasteiger partial charge in [-0.25, -0.2) is 4.98 Å². The molecular formula is C21H39IN6S. The number of guanidine groups is 1. The molecule has 0 bridgehead atoms. The maximum atomic E-state index is 4.61. The first-order valence-electron chi connectivity index (χ1n) is 11.0. The van der Waals surface area contributed by atoms with Crippen LogP contribution in [0.25, 0.3) is 0 Å². The van der Waals surface area contributed by atoms with Crippen LogP contribution in [0.15, 0.2) is 10.4 Å². The lowest BCUT2D eigenvalue weighted by molar-refractivity contribution is 0.176. The Bertz CT molecular complexity index is 624. The Balaban J connectivity index is 0.00000300. The van der Waals surface area contributed by atoms with E-state index >= 15 is 0 Å². The molecule has 3 rings (SSSR count). The van der Waals surface area contributed by atoms with Crippen molar-refractivity contribution in [2.45, 2.75) is 52.6 Å². The number of hydrogen-bond donors (Lipinski definition) is 1. The summed E-state index contributed by atoms with van der Waals surface area (Å²) in [5, 5.41) is 7.05. The standard InChI is InChI=1S/C21H38N6S.HI/c1-5-26(6-2)20-9-12-27(15-20)21(22-4)23-13-18-7-10-25(11-8-18)14-19-16-28-17(3)24-19;/h16,18,20H,5-15H2,1-4H3,(H,22,23);1H. The molecule has 6 nitrogen and oxygen atoms in total. The molecule has 1 N–H and O–H groups in total. The second kappa shape index (κ2) is 12.4. The summed E-state index contributed by atoms with van der Waals surface area (Å²) in [4.78, 5) is 16.8. The monoisotopic (exact) mass is 534 g/mol. The molecule has 0 aromatic carbocycles. The predicted octanol–water partition coefficient (Wildman–Crippen LogP) is 3.27. The number of nitrogens with zero attached hydrogens (tertiary/aromatic N) is 5. The summed E-state index contributed by atoms with van der Waals surface area (Å²) in [6.07, 6.45) is 3.77. The van der Waals surface area contributed by atoms with Crippen molar-refractivity contribution in [3.05, 3.63) is 16.1 Å². The lowest BCUT2D eigenvalue weighted by Crippen LogP contribution is -2.45. The smallest absolute Gasteiger partial charge is 0.193 e. The Labute approximate surface area is 198 Å². The normalized spacial score (nSPS) is 21.6. The first-order valence-corrected chi connectivity index (χ1v) is 11.8. The quantitative estimate of drug-likeness (QED) is 0.331. The minimum absolute atomic E-state index is 0. The summed E-state index contributed by atoms with van der Waals surface area (Å²) < 4.78 is 0. The second-order valence-electron chi connectivity index (χ2n) is 8.12. The van der Waals surface area contributed by atoms with Crippen molar-refractivity contribution in [2.24, 2.45) is 10.9 Å². The molecule has 0 amide bonds. The molecule has 2 fully saturated rings. The number of likely N-dealkylation sites (N-methyl/N-ethyl adjacent to an activating group) is 1. The van der Waals surface area contributed by atoms with E-state index in [4.69, 9.17) is 0 Å². The van der Waals surface area contributed by atoms with E-state index in [1.807, 2.05) is 7.05 Å². The third-order valence-corrected chi connectivity index (χ3v) is 7.13. The van der Waals surface area contributed by atoms with Crippen LogP contribution in [0.2, 0.25) is 0 Å². The summed E-state index contributed by atoms with van der Waals surface area (Å²) in [5.74, 6) is 1.83. The van der Waals surface area contributed by atoms with Gasteiger partial charge in [0.15, 0.2) is 5.96 Å². The van der Waals surface area contributed by atoms with Crippen molar-refractivity contribution in [1.82, 2.24) is 25.0 Å². The number of piperidine rings is 1. The van der Waals surface area contributed by atoms with Crippen molar-refractivity contribution in [2.75, 3.05) is 52.9 Å². The highest BCUT2D eigenvalue weighted by Crippen LogP contribution is 2.20. The molecule has 0 saturated carbocycles. The van der Waals surface area contributed by atoms with Gasteiger partial charge in [0, 0.05) is 44.6 Å². The van der Waals surface area contributed by atoms with E-state index in [2.05, 4.69) is 56.1 Å². The fourth-order valence-electron chi connectivity index (χ4n) is 4.60. The molecule has 2 aliphatic rings. The highest BCUT2D eigenvalue weighted by molar-refractivity contribution is 14.0. The Morgan fingerprint density at radius 3 is 2.55 bits per heavy atom. The molecule has 1 aromatic heterocycles. The molecule has 0 spiro atoms. The van der Waals surface area contributed by atoms with Gasteiger partial charge in [-0.2, -0.15) is 0 Å². The van der Waals surface area contributed by atoms with Gasteiger partial charge in [-0.05, 0) is 58.3 Å². The Morgan fingerprint density at radius 2 is 1.97 bits per heavy atom. The van der Waals surface area contributed by atoms with Crippen molar-refractivity contribution < 1.29 is 0 Å². The number of likely N-dealkylation sites (tertiary alicyclic amines) is 2. The van der Waals surface area contributed by atoms with Gasteiger partial charge in [0.1, 0.15) is 0 Å². The Kier molecular flexibility index (Phi) is 10.6. The van der Waals surface area contributed by atoms with Crippen molar-refractivity contribution in [1.29, 1.82) is 0 Å². The fraction of sp³-hybridized carbons (Fsp3) is 0.810. The van der Waals surface area contributed by atoms with E-state index in [0.29, 0.717) is 6.04 Å². The maximum absolute atomic E-state index is 4.61. The number of aryl methyl sites for hydroxylation is 1. The Hall–Kier alpha value is -0.450. The van der Waals surface area contributed by atoms with Crippen LogP contribution in [-0.2, 0) is 6.54 Å². The number of rotatable bonds is 7. The Morgan fingerprint density at radius 1 is 1.24 bits per heavy atom. The lowest BCUT2D eigenvalue weighted by Gasteiger charge is -2.32. The molecule has 0 aliphatic carbocycles. The zero-order chi connectivity index (χ0) is 19.9. The zero-order valence-electron chi connectivity index (χ0n) is 18.6. The minimum atomic E-state index is 0. The van der Waals surface area contributed by atoms with Crippen LogP contribution >= 0.6 is 35.3 Å². The highest BCUT2D eigenvalue weighted by Gasteiger charge is 2.28.